The average molecular weight is 468 g/mol. The normalized spacial score (nSPS) is 19.3. The first kappa shape index (κ1) is 19.7. The first-order valence-corrected chi connectivity index (χ1v) is 13.3. The van der Waals surface area contributed by atoms with Crippen LogP contribution in [0.15, 0.2) is 108 Å². The minimum atomic E-state index is 0.00363. The smallest absolute Gasteiger partial charge is 0.0499 e. The molecule has 2 heteroatoms. The Morgan fingerprint density at radius 3 is 2.60 bits per heavy atom. The number of para-hydroxylation sites is 1. The monoisotopic (exact) mass is 467 g/mol. The summed E-state index contributed by atoms with van der Waals surface area (Å²) in [6.07, 6.45) is 5.85. The van der Waals surface area contributed by atoms with Crippen LogP contribution in [0.1, 0.15) is 37.3 Å². The van der Waals surface area contributed by atoms with E-state index >= 15 is 0 Å². The standard InChI is InChI=1S/C33H25NS/c1-33(2)25-12-4-5-14-28(25)34-27-18-17-20(19-24(27)22-11-7-13-26(33)32(22)34)21-10-8-16-30-31(21)23-9-3-6-15-29(23)35-30/h3-10,12-19,22H,11H2,1-2H3. The Labute approximate surface area is 209 Å². The lowest BCUT2D eigenvalue weighted by molar-refractivity contribution is 0.598. The van der Waals surface area contributed by atoms with E-state index in [9.17, 15) is 0 Å². The van der Waals surface area contributed by atoms with Crippen molar-refractivity contribution in [1.82, 2.24) is 0 Å². The zero-order valence-corrected chi connectivity index (χ0v) is 20.7. The van der Waals surface area contributed by atoms with Crippen LogP contribution >= 0.6 is 11.3 Å². The summed E-state index contributed by atoms with van der Waals surface area (Å²) in [5.41, 5.74) is 11.2. The predicted molar refractivity (Wildman–Crippen MR) is 150 cm³/mol. The Morgan fingerprint density at radius 2 is 1.66 bits per heavy atom. The number of thiophene rings is 1. The lowest BCUT2D eigenvalue weighted by Gasteiger charge is -2.42. The maximum absolute atomic E-state index is 2.56. The number of anilines is 2. The summed E-state index contributed by atoms with van der Waals surface area (Å²) < 4.78 is 2.72. The van der Waals surface area contributed by atoms with Gasteiger partial charge in [0.2, 0.25) is 0 Å². The fraction of sp³-hybridized carbons (Fsp3) is 0.152. The number of nitrogens with zero attached hydrogens (tertiary/aromatic N) is 1. The first-order chi connectivity index (χ1) is 17.1. The number of hydrogen-bond acceptors (Lipinski definition) is 2. The van der Waals surface area contributed by atoms with Crippen LogP contribution in [0, 0.1) is 0 Å². The van der Waals surface area contributed by atoms with E-state index in [4.69, 9.17) is 0 Å². The Kier molecular flexibility index (Phi) is 3.79. The summed E-state index contributed by atoms with van der Waals surface area (Å²) in [4.78, 5) is 2.56. The zero-order chi connectivity index (χ0) is 23.3. The molecule has 168 valence electrons. The molecule has 0 spiro atoms. The Balaban J connectivity index is 1.38. The number of fused-ring (bicyclic) bond motifs is 8. The van der Waals surface area contributed by atoms with E-state index in [1.807, 2.05) is 11.3 Å². The second kappa shape index (κ2) is 6.74. The third-order valence-electron chi connectivity index (χ3n) is 8.35. The SMILES string of the molecule is CC1(C)C2=C3C(CC=C2)c2cc(-c4cccc5sc6ccccc6c45)ccc2N3c2ccccc21. The molecule has 1 nitrogen and oxygen atoms in total. The Hall–Kier alpha value is -3.62. The highest BCUT2D eigenvalue weighted by Gasteiger charge is 2.46. The van der Waals surface area contributed by atoms with Crippen molar-refractivity contribution in [2.75, 3.05) is 4.90 Å². The van der Waals surface area contributed by atoms with Crippen LogP contribution < -0.4 is 4.90 Å². The number of benzene rings is 4. The van der Waals surface area contributed by atoms with Crippen LogP contribution in [-0.2, 0) is 5.41 Å². The third kappa shape index (κ3) is 2.48. The molecule has 0 fully saturated rings. The first-order valence-electron chi connectivity index (χ1n) is 12.5. The van der Waals surface area contributed by atoms with Crippen molar-refractivity contribution in [3.63, 3.8) is 0 Å². The van der Waals surface area contributed by atoms with E-state index in [1.54, 1.807) is 0 Å². The van der Waals surface area contributed by atoms with Crippen LogP contribution in [0.3, 0.4) is 0 Å². The molecular weight excluding hydrogens is 442 g/mol. The molecule has 2 aliphatic heterocycles. The summed E-state index contributed by atoms with van der Waals surface area (Å²) in [6.45, 7) is 4.77. The van der Waals surface area contributed by atoms with Crippen LogP contribution in [0.4, 0.5) is 11.4 Å². The van der Waals surface area contributed by atoms with Gasteiger partial charge in [-0.3, -0.25) is 0 Å². The van der Waals surface area contributed by atoms with Gasteiger partial charge in [-0.05, 0) is 64.6 Å². The predicted octanol–water partition coefficient (Wildman–Crippen LogP) is 9.46. The van der Waals surface area contributed by atoms with Crippen molar-refractivity contribution in [2.45, 2.75) is 31.6 Å². The highest BCUT2D eigenvalue weighted by molar-refractivity contribution is 7.25. The third-order valence-corrected chi connectivity index (χ3v) is 9.49. The minimum absolute atomic E-state index is 0.00363. The van der Waals surface area contributed by atoms with Gasteiger partial charge in [0.15, 0.2) is 0 Å². The molecule has 1 aliphatic carbocycles. The molecule has 0 bridgehead atoms. The van der Waals surface area contributed by atoms with Gasteiger partial charge in [-0.2, -0.15) is 0 Å². The topological polar surface area (TPSA) is 3.24 Å². The number of allylic oxidation sites excluding steroid dienone is 4. The maximum atomic E-state index is 2.56. The van der Waals surface area contributed by atoms with Crippen molar-refractivity contribution in [3.8, 4) is 11.1 Å². The molecule has 8 rings (SSSR count). The Bertz CT molecular complexity index is 1760. The summed E-state index contributed by atoms with van der Waals surface area (Å²) >= 11 is 1.89. The van der Waals surface area contributed by atoms with Gasteiger partial charge in [-0.1, -0.05) is 80.6 Å². The van der Waals surface area contributed by atoms with E-state index in [0.29, 0.717) is 5.92 Å². The molecule has 0 saturated carbocycles. The summed E-state index contributed by atoms with van der Waals surface area (Å²) in [5.74, 6) is 0.413. The lowest BCUT2D eigenvalue weighted by atomic mass is 9.70. The van der Waals surface area contributed by atoms with Gasteiger partial charge < -0.3 is 4.90 Å². The molecule has 1 aromatic heterocycles. The molecule has 35 heavy (non-hydrogen) atoms. The maximum Gasteiger partial charge on any atom is 0.0499 e. The quantitative estimate of drug-likeness (QED) is 0.237. The average Bonchev–Trinajstić information content (AvgIpc) is 3.43. The molecule has 0 saturated heterocycles. The zero-order valence-electron chi connectivity index (χ0n) is 19.9. The van der Waals surface area contributed by atoms with Crippen molar-refractivity contribution < 1.29 is 0 Å². The second-order valence-corrected chi connectivity index (χ2v) is 11.6. The van der Waals surface area contributed by atoms with Gasteiger partial charge in [0.1, 0.15) is 0 Å². The molecule has 0 amide bonds. The lowest BCUT2D eigenvalue weighted by Crippen LogP contribution is -2.33. The van der Waals surface area contributed by atoms with Crippen molar-refractivity contribution >= 4 is 42.9 Å². The largest absolute Gasteiger partial charge is 0.313 e. The van der Waals surface area contributed by atoms with Gasteiger partial charge in [-0.25, -0.2) is 0 Å². The minimum Gasteiger partial charge on any atom is -0.313 e. The summed E-state index contributed by atoms with van der Waals surface area (Å²) in [5, 5.41) is 2.75. The fourth-order valence-corrected chi connectivity index (χ4v) is 7.87. The van der Waals surface area contributed by atoms with Gasteiger partial charge in [0.25, 0.3) is 0 Å². The van der Waals surface area contributed by atoms with E-state index in [1.165, 1.54) is 65.1 Å². The van der Waals surface area contributed by atoms with Crippen LogP contribution in [0.25, 0.3) is 31.3 Å². The molecule has 4 aromatic carbocycles. The Morgan fingerprint density at radius 1 is 0.829 bits per heavy atom. The number of hydrogen-bond donors (Lipinski definition) is 0. The molecule has 1 unspecified atom stereocenters. The van der Waals surface area contributed by atoms with E-state index in [-0.39, 0.29) is 5.41 Å². The van der Waals surface area contributed by atoms with Crippen LogP contribution in [-0.4, -0.2) is 0 Å². The molecule has 3 heterocycles. The van der Waals surface area contributed by atoms with Crippen molar-refractivity contribution in [2.24, 2.45) is 0 Å². The summed E-state index contributed by atoms with van der Waals surface area (Å²) in [7, 11) is 0. The van der Waals surface area contributed by atoms with E-state index in [2.05, 4.69) is 116 Å². The van der Waals surface area contributed by atoms with Crippen LogP contribution in [0.5, 0.6) is 0 Å². The fourth-order valence-electron chi connectivity index (χ4n) is 6.74. The van der Waals surface area contributed by atoms with Gasteiger partial charge in [0, 0.05) is 48.6 Å². The van der Waals surface area contributed by atoms with Crippen molar-refractivity contribution in [3.05, 3.63) is 119 Å². The molecule has 5 aromatic rings. The number of rotatable bonds is 1. The van der Waals surface area contributed by atoms with Crippen LogP contribution in [0.2, 0.25) is 0 Å². The molecule has 3 aliphatic rings. The molecule has 0 N–H and O–H groups in total. The van der Waals surface area contributed by atoms with E-state index < -0.39 is 0 Å². The summed E-state index contributed by atoms with van der Waals surface area (Å²) in [6, 6.07) is 31.8. The van der Waals surface area contributed by atoms with Gasteiger partial charge in [0.05, 0.1) is 0 Å². The highest BCUT2D eigenvalue weighted by atomic mass is 32.1. The second-order valence-electron chi connectivity index (χ2n) is 10.5. The van der Waals surface area contributed by atoms with E-state index in [0.717, 1.165) is 6.42 Å². The molecule has 0 radical (unpaired) electrons. The highest BCUT2D eigenvalue weighted by Crippen LogP contribution is 2.60. The molecular formula is C33H25NS. The van der Waals surface area contributed by atoms with Gasteiger partial charge >= 0.3 is 0 Å². The van der Waals surface area contributed by atoms with Gasteiger partial charge in [-0.15, -0.1) is 11.3 Å². The molecule has 1 atom stereocenters. The van der Waals surface area contributed by atoms with Crippen molar-refractivity contribution in [1.29, 1.82) is 0 Å².